The number of anilines is 1. The summed E-state index contributed by atoms with van der Waals surface area (Å²) in [6.45, 7) is 6.27. The van der Waals surface area contributed by atoms with Gasteiger partial charge in [0.1, 0.15) is 0 Å². The maximum atomic E-state index is 13.3. The van der Waals surface area contributed by atoms with Crippen LogP contribution in [0.5, 0.6) is 0 Å². The predicted molar refractivity (Wildman–Crippen MR) is 137 cm³/mol. The lowest BCUT2D eigenvalue weighted by atomic mass is 9.78. The van der Waals surface area contributed by atoms with Crippen molar-refractivity contribution in [1.29, 1.82) is 0 Å². The quantitative estimate of drug-likeness (QED) is 0.548. The second kappa shape index (κ2) is 9.88. The number of rotatable bonds is 5. The van der Waals surface area contributed by atoms with E-state index in [9.17, 15) is 9.59 Å². The van der Waals surface area contributed by atoms with Crippen LogP contribution in [0.15, 0.2) is 24.3 Å². The Morgan fingerprint density at radius 3 is 2.31 bits per heavy atom. The smallest absolute Gasteiger partial charge is 0.233 e. The third-order valence-electron chi connectivity index (χ3n) is 10.2. The Morgan fingerprint density at radius 2 is 1.58 bits per heavy atom. The van der Waals surface area contributed by atoms with E-state index in [1.165, 1.54) is 42.3 Å². The van der Waals surface area contributed by atoms with Crippen LogP contribution in [-0.4, -0.2) is 60.4 Å². The summed E-state index contributed by atoms with van der Waals surface area (Å²) >= 11 is 1.60. The van der Waals surface area contributed by atoms with Crippen molar-refractivity contribution in [2.45, 2.75) is 44.9 Å². The first-order valence-corrected chi connectivity index (χ1v) is 14.7. The SMILES string of the molecule is O=C1[C@@H]2[C@H]3CC[C@H](C3)[C@@H]2C(=O)N1C[C@@H]1CCCCC1C[NH+]1CCN(c2nsc3ccccc23)CC1.[Cl-]. The molecule has 1 aromatic carbocycles. The first kappa shape index (κ1) is 24.6. The molecule has 36 heavy (non-hydrogen) atoms. The highest BCUT2D eigenvalue weighted by Gasteiger charge is 2.61. The van der Waals surface area contributed by atoms with Crippen LogP contribution in [0.3, 0.4) is 0 Å². The van der Waals surface area contributed by atoms with Gasteiger partial charge in [-0.25, -0.2) is 0 Å². The number of nitrogens with one attached hydrogen (secondary N) is 1. The zero-order chi connectivity index (χ0) is 23.5. The van der Waals surface area contributed by atoms with Gasteiger partial charge in [0.2, 0.25) is 11.8 Å². The molecule has 6 nitrogen and oxygen atoms in total. The van der Waals surface area contributed by atoms with Crippen LogP contribution < -0.4 is 22.2 Å². The number of amides is 2. The van der Waals surface area contributed by atoms with Crippen LogP contribution in [-0.2, 0) is 9.59 Å². The van der Waals surface area contributed by atoms with Gasteiger partial charge in [0.15, 0.2) is 5.82 Å². The molecule has 2 aliphatic heterocycles. The molecule has 3 saturated carbocycles. The molecule has 7 rings (SSSR count). The third kappa shape index (κ3) is 4.06. The number of fused-ring (bicyclic) bond motifs is 6. The van der Waals surface area contributed by atoms with Crippen molar-refractivity contribution >= 4 is 39.3 Å². The molecule has 1 aromatic heterocycles. The van der Waals surface area contributed by atoms with E-state index in [1.54, 1.807) is 21.3 Å². The topological polar surface area (TPSA) is 58.0 Å². The fourth-order valence-electron chi connectivity index (χ4n) is 8.39. The second-order valence-electron chi connectivity index (χ2n) is 11.9. The zero-order valence-corrected chi connectivity index (χ0v) is 22.5. The highest BCUT2D eigenvalue weighted by Crippen LogP contribution is 2.56. The van der Waals surface area contributed by atoms with Gasteiger partial charge in [0.05, 0.1) is 49.3 Å². The maximum Gasteiger partial charge on any atom is 0.233 e. The summed E-state index contributed by atoms with van der Waals surface area (Å²) in [6, 6.07) is 8.56. The van der Waals surface area contributed by atoms with Gasteiger partial charge in [-0.2, -0.15) is 4.37 Å². The van der Waals surface area contributed by atoms with E-state index in [1.807, 2.05) is 0 Å². The van der Waals surface area contributed by atoms with Crippen molar-refractivity contribution < 1.29 is 26.9 Å². The number of carbonyl (C=O) groups is 2. The number of benzene rings is 1. The standard InChI is InChI=1S/C28H36N4O2S.ClH/c33-27-24-18-9-10-19(15-18)25(24)28(34)32(27)17-21-6-2-1-5-20(21)16-30-11-13-31(14-12-30)26-22-7-3-4-8-23(22)35-29-26;/h3-4,7-8,18-21,24-25H,1-2,5-6,9-17H2;1H/t18-,19+,20?,21-,24+,25-;/m0./s1. The van der Waals surface area contributed by atoms with Crippen molar-refractivity contribution in [2.24, 2.45) is 35.5 Å². The average molecular weight is 529 g/mol. The van der Waals surface area contributed by atoms with Crippen molar-refractivity contribution in [3.8, 4) is 0 Å². The molecule has 194 valence electrons. The fraction of sp³-hybridized carbons (Fsp3) is 0.679. The van der Waals surface area contributed by atoms with E-state index in [2.05, 4.69) is 29.2 Å². The summed E-state index contributed by atoms with van der Waals surface area (Å²) in [4.78, 5) is 32.5. The third-order valence-corrected chi connectivity index (χ3v) is 11.0. The molecule has 2 aromatic rings. The number of hydrogen-bond donors (Lipinski definition) is 1. The minimum atomic E-state index is 0. The Hall–Kier alpha value is -1.70. The number of piperazine rings is 1. The molecule has 0 radical (unpaired) electrons. The van der Waals surface area contributed by atoms with E-state index in [0.717, 1.165) is 51.3 Å². The van der Waals surface area contributed by atoms with Crippen LogP contribution in [0.4, 0.5) is 5.82 Å². The second-order valence-corrected chi connectivity index (χ2v) is 12.7. The number of nitrogens with zero attached hydrogens (tertiary/aromatic N) is 3. The van der Waals surface area contributed by atoms with Crippen LogP contribution in [0.25, 0.3) is 10.1 Å². The van der Waals surface area contributed by atoms with Gasteiger partial charge in [-0.15, -0.1) is 0 Å². The van der Waals surface area contributed by atoms with Gasteiger partial charge in [0.25, 0.3) is 0 Å². The van der Waals surface area contributed by atoms with E-state index in [-0.39, 0.29) is 36.1 Å². The molecule has 2 saturated heterocycles. The molecule has 0 spiro atoms. The molecule has 3 heterocycles. The highest BCUT2D eigenvalue weighted by molar-refractivity contribution is 7.13. The van der Waals surface area contributed by atoms with Crippen LogP contribution in [0, 0.1) is 35.5 Å². The van der Waals surface area contributed by atoms with Crippen LogP contribution >= 0.6 is 11.5 Å². The van der Waals surface area contributed by atoms with Gasteiger partial charge in [0, 0.05) is 17.8 Å². The molecular formula is C28H37ClN4O2S. The number of halogens is 1. The highest BCUT2D eigenvalue weighted by atomic mass is 35.5. The van der Waals surface area contributed by atoms with Gasteiger partial charge >= 0.3 is 0 Å². The number of carbonyl (C=O) groups excluding carboxylic acids is 2. The Labute approximate surface area is 224 Å². The summed E-state index contributed by atoms with van der Waals surface area (Å²) < 4.78 is 6.04. The zero-order valence-electron chi connectivity index (χ0n) is 20.9. The van der Waals surface area contributed by atoms with E-state index < -0.39 is 0 Å². The Bertz CT molecular complexity index is 1100. The van der Waals surface area contributed by atoms with Gasteiger partial charge in [-0.05, 0) is 73.5 Å². The molecular weight excluding hydrogens is 492 g/mol. The molecule has 2 amide bonds. The average Bonchev–Trinajstić information content (AvgIpc) is 3.66. The predicted octanol–water partition coefficient (Wildman–Crippen LogP) is -0.157. The van der Waals surface area contributed by atoms with Gasteiger partial charge < -0.3 is 22.2 Å². The molecule has 6 atom stereocenters. The summed E-state index contributed by atoms with van der Waals surface area (Å²) in [6.07, 6.45) is 8.42. The molecule has 1 unspecified atom stereocenters. The molecule has 8 heteroatoms. The molecule has 5 aliphatic rings. The number of aromatic nitrogens is 1. The van der Waals surface area contributed by atoms with Crippen molar-refractivity contribution in [2.75, 3.05) is 44.2 Å². The van der Waals surface area contributed by atoms with Crippen molar-refractivity contribution in [3.63, 3.8) is 0 Å². The maximum absolute atomic E-state index is 13.3. The minimum Gasteiger partial charge on any atom is -1.00 e. The first-order chi connectivity index (χ1) is 17.2. The Morgan fingerprint density at radius 1 is 0.917 bits per heavy atom. The summed E-state index contributed by atoms with van der Waals surface area (Å²) in [5.41, 5.74) is 0. The normalized spacial score (nSPS) is 34.4. The summed E-state index contributed by atoms with van der Waals surface area (Å²) in [7, 11) is 0. The Balaban J connectivity index is 0.00000240. The van der Waals surface area contributed by atoms with E-state index in [4.69, 9.17) is 4.37 Å². The lowest BCUT2D eigenvalue weighted by molar-refractivity contribution is -0.904. The lowest BCUT2D eigenvalue weighted by Crippen LogP contribution is -3.15. The summed E-state index contributed by atoms with van der Waals surface area (Å²) in [5, 5.41) is 1.28. The number of imide groups is 1. The number of quaternary nitrogens is 1. The summed E-state index contributed by atoms with van der Waals surface area (Å²) in [5.74, 6) is 3.69. The minimum absolute atomic E-state index is 0. The fourth-order valence-corrected chi connectivity index (χ4v) is 9.18. The Kier molecular flexibility index (Phi) is 6.76. The first-order valence-electron chi connectivity index (χ1n) is 14.0. The number of hydrogen-bond acceptors (Lipinski definition) is 5. The lowest BCUT2D eigenvalue weighted by Gasteiger charge is -2.38. The van der Waals surface area contributed by atoms with Crippen LogP contribution in [0.2, 0.25) is 0 Å². The monoisotopic (exact) mass is 528 g/mol. The molecule has 3 aliphatic carbocycles. The van der Waals surface area contributed by atoms with Gasteiger partial charge in [-0.3, -0.25) is 14.5 Å². The van der Waals surface area contributed by atoms with Crippen LogP contribution in [0.1, 0.15) is 44.9 Å². The van der Waals surface area contributed by atoms with E-state index in [0.29, 0.717) is 30.2 Å². The van der Waals surface area contributed by atoms with Crippen molar-refractivity contribution in [3.05, 3.63) is 24.3 Å². The van der Waals surface area contributed by atoms with Crippen molar-refractivity contribution in [1.82, 2.24) is 9.27 Å². The molecule has 5 fully saturated rings. The van der Waals surface area contributed by atoms with E-state index >= 15 is 0 Å². The molecule has 1 N–H and O–H groups in total. The number of likely N-dealkylation sites (tertiary alicyclic amines) is 1. The largest absolute Gasteiger partial charge is 1.00 e. The molecule has 2 bridgehead atoms. The van der Waals surface area contributed by atoms with Gasteiger partial charge in [-0.1, -0.05) is 25.0 Å².